The molecular formula is C29H27N3O8. The Bertz CT molecular complexity index is 1450. The first-order chi connectivity index (χ1) is 19.3. The van der Waals surface area contributed by atoms with Gasteiger partial charge in [0.05, 0.1) is 26.5 Å². The van der Waals surface area contributed by atoms with Gasteiger partial charge >= 0.3 is 6.03 Å². The molecule has 1 aliphatic rings. The van der Waals surface area contributed by atoms with E-state index in [-0.39, 0.29) is 35.3 Å². The molecule has 0 atom stereocenters. The highest BCUT2D eigenvalue weighted by Gasteiger charge is 2.36. The van der Waals surface area contributed by atoms with Crippen molar-refractivity contribution in [3.63, 3.8) is 0 Å². The highest BCUT2D eigenvalue weighted by atomic mass is 16.5. The molecular weight excluding hydrogens is 518 g/mol. The molecule has 0 aliphatic carbocycles. The number of amides is 5. The molecule has 3 aromatic carbocycles. The topological polar surface area (TPSA) is 132 Å². The fraction of sp³-hybridized carbons (Fsp3) is 0.172. The number of benzene rings is 3. The molecule has 0 bridgehead atoms. The van der Waals surface area contributed by atoms with Gasteiger partial charge in [-0.1, -0.05) is 6.07 Å². The van der Waals surface area contributed by atoms with Gasteiger partial charge in [-0.15, -0.1) is 0 Å². The lowest BCUT2D eigenvalue weighted by Gasteiger charge is -2.26. The number of nitrogens with zero attached hydrogens (tertiary/aromatic N) is 1. The number of nitrogens with one attached hydrogen (secondary N) is 2. The molecule has 0 spiro atoms. The van der Waals surface area contributed by atoms with Crippen molar-refractivity contribution in [2.45, 2.75) is 6.92 Å². The van der Waals surface area contributed by atoms with Crippen molar-refractivity contribution in [3.8, 4) is 23.0 Å². The Morgan fingerprint density at radius 1 is 0.875 bits per heavy atom. The zero-order valence-corrected chi connectivity index (χ0v) is 22.1. The minimum atomic E-state index is -0.856. The number of carbonyl (C=O) groups is 4. The van der Waals surface area contributed by atoms with E-state index < -0.39 is 17.8 Å². The number of urea groups is 1. The summed E-state index contributed by atoms with van der Waals surface area (Å²) in [5.74, 6) is -0.205. The predicted molar refractivity (Wildman–Crippen MR) is 147 cm³/mol. The molecule has 1 fully saturated rings. The number of imide groups is 2. The van der Waals surface area contributed by atoms with Crippen molar-refractivity contribution >= 4 is 41.2 Å². The number of barbiturate groups is 1. The molecule has 11 nitrogen and oxygen atoms in total. The zero-order chi connectivity index (χ0) is 28.6. The molecule has 4 rings (SSSR count). The van der Waals surface area contributed by atoms with Gasteiger partial charge in [-0.25, -0.2) is 9.69 Å². The number of ether oxygens (including phenoxy) is 4. The molecule has 0 unspecified atom stereocenters. The first kappa shape index (κ1) is 27.7. The number of methoxy groups -OCH3 is 2. The lowest BCUT2D eigenvalue weighted by molar-refractivity contribution is -0.122. The number of hydrogen-bond acceptors (Lipinski definition) is 8. The lowest BCUT2D eigenvalue weighted by Crippen LogP contribution is -2.54. The second-order valence-electron chi connectivity index (χ2n) is 8.36. The number of rotatable bonds is 10. The fourth-order valence-electron chi connectivity index (χ4n) is 3.82. The van der Waals surface area contributed by atoms with Crippen LogP contribution in [0.15, 0.2) is 72.3 Å². The molecule has 206 valence electrons. The highest BCUT2D eigenvalue weighted by Crippen LogP contribution is 2.30. The van der Waals surface area contributed by atoms with E-state index in [2.05, 4.69) is 10.6 Å². The van der Waals surface area contributed by atoms with Crippen LogP contribution in [0.3, 0.4) is 0 Å². The van der Waals surface area contributed by atoms with Crippen molar-refractivity contribution in [3.05, 3.63) is 77.9 Å². The summed E-state index contributed by atoms with van der Waals surface area (Å²) < 4.78 is 21.5. The average Bonchev–Trinajstić information content (AvgIpc) is 2.95. The Morgan fingerprint density at radius 3 is 2.23 bits per heavy atom. The van der Waals surface area contributed by atoms with Crippen molar-refractivity contribution in [2.24, 2.45) is 0 Å². The predicted octanol–water partition coefficient (Wildman–Crippen LogP) is 3.79. The monoisotopic (exact) mass is 545 g/mol. The van der Waals surface area contributed by atoms with E-state index in [4.69, 9.17) is 18.9 Å². The first-order valence-corrected chi connectivity index (χ1v) is 12.2. The Hall–Kier alpha value is -5.32. The molecule has 11 heteroatoms. The quantitative estimate of drug-likeness (QED) is 0.291. The second kappa shape index (κ2) is 12.5. The van der Waals surface area contributed by atoms with Crippen molar-refractivity contribution in [1.82, 2.24) is 5.32 Å². The van der Waals surface area contributed by atoms with Gasteiger partial charge < -0.3 is 24.3 Å². The summed E-state index contributed by atoms with van der Waals surface area (Å²) in [6, 6.07) is 17.0. The smallest absolute Gasteiger partial charge is 0.335 e. The van der Waals surface area contributed by atoms with Crippen LogP contribution >= 0.6 is 0 Å². The minimum absolute atomic E-state index is 0.247. The van der Waals surface area contributed by atoms with Crippen LogP contribution in [0.4, 0.5) is 16.2 Å². The van der Waals surface area contributed by atoms with Crippen LogP contribution in [-0.2, 0) is 14.4 Å². The molecule has 3 aromatic rings. The normalized spacial score (nSPS) is 14.0. The van der Waals surface area contributed by atoms with Crippen LogP contribution in [-0.4, -0.2) is 51.2 Å². The molecule has 0 aromatic heterocycles. The zero-order valence-electron chi connectivity index (χ0n) is 22.1. The van der Waals surface area contributed by atoms with Gasteiger partial charge in [0.15, 0.2) is 18.1 Å². The van der Waals surface area contributed by atoms with Gasteiger partial charge in [-0.3, -0.25) is 19.7 Å². The third-order valence-corrected chi connectivity index (χ3v) is 5.74. The maximum Gasteiger partial charge on any atom is 0.335 e. The van der Waals surface area contributed by atoms with Crippen LogP contribution in [0.5, 0.6) is 23.0 Å². The maximum atomic E-state index is 13.2. The summed E-state index contributed by atoms with van der Waals surface area (Å²) >= 11 is 0. The molecule has 0 saturated carbocycles. The molecule has 40 heavy (non-hydrogen) atoms. The number of hydrogen-bond donors (Lipinski definition) is 2. The standard InChI is InChI=1S/C29H27N3O8/c1-4-39-22-12-8-20(9-13-22)32-28(35)23(27(34)31-29(32)36)15-18-5-14-24(25(16-18)38-3)40-17-26(33)30-19-6-10-21(37-2)11-7-19/h5-16H,4,17H2,1-3H3,(H,30,33)(H,31,34,36)/b23-15+. The summed E-state index contributed by atoms with van der Waals surface area (Å²) in [5, 5.41) is 4.90. The SMILES string of the molecule is CCOc1ccc(N2C(=O)NC(=O)/C(=C\c3ccc(OCC(=O)Nc4ccc(OC)cc4)c(OC)c3)C2=O)cc1. The Morgan fingerprint density at radius 2 is 1.57 bits per heavy atom. The van der Waals surface area contributed by atoms with E-state index in [1.807, 2.05) is 6.92 Å². The van der Waals surface area contributed by atoms with E-state index in [0.717, 1.165) is 4.90 Å². The third-order valence-electron chi connectivity index (χ3n) is 5.74. The average molecular weight is 546 g/mol. The summed E-state index contributed by atoms with van der Waals surface area (Å²) in [5.41, 5.74) is 1.05. The van der Waals surface area contributed by atoms with Gasteiger partial charge in [0, 0.05) is 5.69 Å². The molecule has 1 saturated heterocycles. The summed E-state index contributed by atoms with van der Waals surface area (Å²) in [6.07, 6.45) is 1.34. The van der Waals surface area contributed by atoms with Gasteiger partial charge in [-0.2, -0.15) is 0 Å². The maximum absolute atomic E-state index is 13.2. The van der Waals surface area contributed by atoms with Crippen LogP contribution in [0.1, 0.15) is 12.5 Å². The molecule has 1 heterocycles. The third kappa shape index (κ3) is 6.38. The minimum Gasteiger partial charge on any atom is -0.497 e. The van der Waals surface area contributed by atoms with Crippen molar-refractivity contribution in [2.75, 3.05) is 37.7 Å². The van der Waals surface area contributed by atoms with Gasteiger partial charge in [0.2, 0.25) is 0 Å². The van der Waals surface area contributed by atoms with Crippen molar-refractivity contribution < 1.29 is 38.1 Å². The number of carbonyl (C=O) groups excluding carboxylic acids is 4. The first-order valence-electron chi connectivity index (χ1n) is 12.2. The highest BCUT2D eigenvalue weighted by molar-refractivity contribution is 6.39. The number of anilines is 2. The Labute approximate surface area is 230 Å². The van der Waals surface area contributed by atoms with E-state index in [9.17, 15) is 19.2 Å². The van der Waals surface area contributed by atoms with Crippen LogP contribution in [0.2, 0.25) is 0 Å². The lowest BCUT2D eigenvalue weighted by atomic mass is 10.1. The van der Waals surface area contributed by atoms with Crippen LogP contribution in [0.25, 0.3) is 6.08 Å². The molecule has 1 aliphatic heterocycles. The summed E-state index contributed by atoms with van der Waals surface area (Å²) in [4.78, 5) is 51.4. The molecule has 5 amide bonds. The van der Waals surface area contributed by atoms with Gasteiger partial charge in [0.25, 0.3) is 17.7 Å². The largest absolute Gasteiger partial charge is 0.497 e. The summed E-state index contributed by atoms with van der Waals surface area (Å²) in [6.45, 7) is 2.02. The summed E-state index contributed by atoms with van der Waals surface area (Å²) in [7, 11) is 2.97. The Kier molecular flexibility index (Phi) is 8.65. The van der Waals surface area contributed by atoms with Crippen molar-refractivity contribution in [1.29, 1.82) is 0 Å². The van der Waals surface area contributed by atoms with Crippen LogP contribution in [0, 0.1) is 0 Å². The van der Waals surface area contributed by atoms with E-state index in [0.29, 0.717) is 29.4 Å². The molecule has 2 N–H and O–H groups in total. The second-order valence-corrected chi connectivity index (χ2v) is 8.36. The Balaban J connectivity index is 1.48. The molecule has 0 radical (unpaired) electrons. The van der Waals surface area contributed by atoms with Crippen LogP contribution < -0.4 is 34.5 Å². The van der Waals surface area contributed by atoms with E-state index >= 15 is 0 Å². The van der Waals surface area contributed by atoms with E-state index in [1.54, 1.807) is 73.8 Å². The van der Waals surface area contributed by atoms with Gasteiger partial charge in [0.1, 0.15) is 17.1 Å². The van der Waals surface area contributed by atoms with Gasteiger partial charge in [-0.05, 0) is 79.2 Å². The fourth-order valence-corrected chi connectivity index (χ4v) is 3.82. The van der Waals surface area contributed by atoms with E-state index in [1.165, 1.54) is 13.2 Å².